The largest absolute Gasteiger partial charge is 0.370 e. The Kier molecular flexibility index (Phi) is 6.31. The fraction of sp³-hybridized carbons (Fsp3) is 0.278. The van der Waals surface area contributed by atoms with Crippen LogP contribution < -0.4 is 5.32 Å². The highest BCUT2D eigenvalue weighted by atomic mass is 19.3. The molecule has 2 aromatic rings. The summed E-state index contributed by atoms with van der Waals surface area (Å²) in [5.41, 5.74) is 1.35. The lowest BCUT2D eigenvalue weighted by molar-refractivity contribution is -0.168. The van der Waals surface area contributed by atoms with Gasteiger partial charge in [-0.15, -0.1) is 0 Å². The van der Waals surface area contributed by atoms with Gasteiger partial charge in [-0.2, -0.15) is 8.78 Å². The molecule has 0 saturated carbocycles. The lowest BCUT2D eigenvalue weighted by atomic mass is 10.1. The maximum Gasteiger partial charge on any atom is 0.330 e. The molecule has 0 aliphatic carbocycles. The third kappa shape index (κ3) is 5.26. The number of aryl methyl sites for hydroxylation is 1. The van der Waals surface area contributed by atoms with E-state index in [1.165, 1.54) is 37.3 Å². The van der Waals surface area contributed by atoms with Gasteiger partial charge in [-0.25, -0.2) is 13.2 Å². The van der Waals surface area contributed by atoms with Crippen LogP contribution in [-0.4, -0.2) is 24.9 Å². The van der Waals surface area contributed by atoms with Crippen molar-refractivity contribution < 1.29 is 31.5 Å². The van der Waals surface area contributed by atoms with Crippen molar-refractivity contribution in [1.29, 1.82) is 0 Å². The Morgan fingerprint density at radius 2 is 1.92 bits per heavy atom. The summed E-state index contributed by atoms with van der Waals surface area (Å²) in [6, 6.07) is 10.0. The Morgan fingerprint density at radius 1 is 1.19 bits per heavy atom. The van der Waals surface area contributed by atoms with Crippen LogP contribution in [0.3, 0.4) is 0 Å². The van der Waals surface area contributed by atoms with Crippen LogP contribution in [0.15, 0.2) is 42.5 Å². The molecule has 0 radical (unpaired) electrons. The van der Waals surface area contributed by atoms with Crippen molar-refractivity contribution in [2.75, 3.05) is 11.9 Å². The van der Waals surface area contributed by atoms with Gasteiger partial charge < -0.3 is 10.1 Å². The van der Waals surface area contributed by atoms with E-state index in [1.807, 2.05) is 0 Å². The summed E-state index contributed by atoms with van der Waals surface area (Å²) < 4.78 is 67.6. The third-order valence-corrected chi connectivity index (χ3v) is 3.49. The number of benzene rings is 2. The van der Waals surface area contributed by atoms with Gasteiger partial charge in [0.15, 0.2) is 0 Å². The van der Waals surface area contributed by atoms with Gasteiger partial charge in [0.2, 0.25) is 0 Å². The van der Waals surface area contributed by atoms with Crippen LogP contribution in [0.25, 0.3) is 0 Å². The van der Waals surface area contributed by atoms with Crippen LogP contribution in [0, 0.1) is 12.7 Å². The van der Waals surface area contributed by atoms with Gasteiger partial charge in [0, 0.05) is 11.3 Å². The van der Waals surface area contributed by atoms with Crippen LogP contribution in [-0.2, 0) is 11.3 Å². The highest BCUT2D eigenvalue weighted by Gasteiger charge is 2.40. The van der Waals surface area contributed by atoms with E-state index >= 15 is 0 Å². The van der Waals surface area contributed by atoms with E-state index in [0.717, 1.165) is 0 Å². The highest BCUT2D eigenvalue weighted by Crippen LogP contribution is 2.23. The van der Waals surface area contributed by atoms with Crippen LogP contribution in [0.2, 0.25) is 0 Å². The minimum atomic E-state index is -4.22. The first-order chi connectivity index (χ1) is 12.2. The molecule has 0 unspecified atom stereocenters. The van der Waals surface area contributed by atoms with Crippen molar-refractivity contribution in [2.24, 2.45) is 0 Å². The molecule has 2 aromatic carbocycles. The zero-order valence-electron chi connectivity index (χ0n) is 13.7. The Labute approximate surface area is 146 Å². The van der Waals surface area contributed by atoms with E-state index in [2.05, 4.69) is 10.1 Å². The zero-order valence-corrected chi connectivity index (χ0v) is 13.7. The molecule has 1 N–H and O–H groups in total. The Balaban J connectivity index is 1.98. The minimum Gasteiger partial charge on any atom is -0.370 e. The Bertz CT molecular complexity index is 780. The average Bonchev–Trinajstić information content (AvgIpc) is 2.57. The molecule has 0 atom stereocenters. The highest BCUT2D eigenvalue weighted by molar-refractivity contribution is 6.04. The number of nitrogens with one attached hydrogen (secondary N) is 1. The number of rotatable bonds is 7. The van der Waals surface area contributed by atoms with Crippen LogP contribution >= 0.6 is 0 Å². The fourth-order valence-electron chi connectivity index (χ4n) is 2.10. The quantitative estimate of drug-likeness (QED) is 0.708. The second-order valence-corrected chi connectivity index (χ2v) is 5.67. The average molecular weight is 373 g/mol. The molecule has 0 fully saturated rings. The van der Waals surface area contributed by atoms with E-state index in [4.69, 9.17) is 0 Å². The molecule has 0 aliphatic rings. The van der Waals surface area contributed by atoms with Crippen LogP contribution in [0.4, 0.5) is 27.6 Å². The van der Waals surface area contributed by atoms with Crippen molar-refractivity contribution in [3.8, 4) is 0 Å². The summed E-state index contributed by atoms with van der Waals surface area (Å²) in [5.74, 6) is -5.12. The summed E-state index contributed by atoms with van der Waals surface area (Å²) in [5, 5.41) is 2.59. The molecule has 0 aliphatic heterocycles. The van der Waals surface area contributed by atoms with Crippen LogP contribution in [0.5, 0.6) is 0 Å². The molecule has 3 nitrogen and oxygen atoms in total. The molecular weight excluding hydrogens is 357 g/mol. The summed E-state index contributed by atoms with van der Waals surface area (Å²) in [6.45, 7) is -0.197. The van der Waals surface area contributed by atoms with Crippen molar-refractivity contribution in [3.05, 3.63) is 65.0 Å². The molecule has 0 bridgehead atoms. The number of anilines is 1. The van der Waals surface area contributed by atoms with Gasteiger partial charge >= 0.3 is 12.3 Å². The third-order valence-electron chi connectivity index (χ3n) is 3.49. The van der Waals surface area contributed by atoms with E-state index in [0.29, 0.717) is 16.8 Å². The first kappa shape index (κ1) is 19.8. The van der Waals surface area contributed by atoms with Gasteiger partial charge in [0.05, 0.1) is 6.61 Å². The number of carbonyl (C=O) groups is 1. The molecule has 26 heavy (non-hydrogen) atoms. The number of hydrogen-bond acceptors (Lipinski definition) is 2. The lowest BCUT2D eigenvalue weighted by Crippen LogP contribution is -2.32. The number of carbonyl (C=O) groups excluding carboxylic acids is 1. The summed E-state index contributed by atoms with van der Waals surface area (Å²) in [6.07, 6.45) is -3.80. The number of hydrogen-bond donors (Lipinski definition) is 1. The number of ether oxygens (including phenoxy) is 1. The smallest absolute Gasteiger partial charge is 0.330 e. The first-order valence-electron chi connectivity index (χ1n) is 7.59. The van der Waals surface area contributed by atoms with Gasteiger partial charge in [-0.1, -0.05) is 12.1 Å². The van der Waals surface area contributed by atoms with Crippen molar-refractivity contribution in [1.82, 2.24) is 0 Å². The van der Waals surface area contributed by atoms with Gasteiger partial charge in [0.25, 0.3) is 5.91 Å². The molecule has 140 valence electrons. The minimum absolute atomic E-state index is 0.252. The number of halogens is 5. The maximum atomic E-state index is 13.2. The van der Waals surface area contributed by atoms with E-state index in [9.17, 15) is 26.7 Å². The predicted molar refractivity (Wildman–Crippen MR) is 86.1 cm³/mol. The van der Waals surface area contributed by atoms with E-state index in [1.54, 1.807) is 12.1 Å². The molecule has 0 saturated heterocycles. The number of alkyl halides is 4. The fourth-order valence-corrected chi connectivity index (χ4v) is 2.10. The zero-order chi connectivity index (χ0) is 19.3. The van der Waals surface area contributed by atoms with E-state index in [-0.39, 0.29) is 12.2 Å². The van der Waals surface area contributed by atoms with Crippen molar-refractivity contribution in [2.45, 2.75) is 25.9 Å². The van der Waals surface area contributed by atoms with Crippen molar-refractivity contribution >= 4 is 11.6 Å². The van der Waals surface area contributed by atoms with Gasteiger partial charge in [-0.05, 0) is 48.4 Å². The van der Waals surface area contributed by atoms with Gasteiger partial charge in [0.1, 0.15) is 12.4 Å². The second kappa shape index (κ2) is 8.27. The standard InChI is InChI=1S/C18H16F5NO2/c1-11-7-13(5-6-15(11)19)16(25)24-14-4-2-3-12(8-14)9-26-10-18(22,23)17(20)21/h2-8,17H,9-10H2,1H3,(H,24,25). The Hall–Kier alpha value is -2.48. The molecule has 0 spiro atoms. The lowest BCUT2D eigenvalue weighted by Gasteiger charge is -2.15. The molecule has 1 amide bonds. The van der Waals surface area contributed by atoms with E-state index < -0.39 is 30.7 Å². The summed E-state index contributed by atoms with van der Waals surface area (Å²) in [4.78, 5) is 12.2. The number of amides is 1. The molecule has 0 heterocycles. The monoisotopic (exact) mass is 373 g/mol. The summed E-state index contributed by atoms with van der Waals surface area (Å²) >= 11 is 0. The maximum absolute atomic E-state index is 13.2. The van der Waals surface area contributed by atoms with Crippen LogP contribution in [0.1, 0.15) is 21.5 Å². The first-order valence-corrected chi connectivity index (χ1v) is 7.59. The van der Waals surface area contributed by atoms with Gasteiger partial charge in [-0.3, -0.25) is 4.79 Å². The molecular formula is C18H16F5NO2. The molecule has 2 rings (SSSR count). The molecule has 8 heteroatoms. The summed E-state index contributed by atoms with van der Waals surface area (Å²) in [7, 11) is 0. The normalized spacial score (nSPS) is 11.7. The topological polar surface area (TPSA) is 38.3 Å². The SMILES string of the molecule is Cc1cc(C(=O)Nc2cccc(COCC(F)(F)C(F)F)c2)ccc1F. The predicted octanol–water partition coefficient (Wildman–Crippen LogP) is 4.80. The second-order valence-electron chi connectivity index (χ2n) is 5.67. The Morgan fingerprint density at radius 3 is 2.58 bits per heavy atom. The van der Waals surface area contributed by atoms with Crippen molar-refractivity contribution in [3.63, 3.8) is 0 Å². The molecule has 0 aromatic heterocycles.